The molecule has 1 aromatic rings. The van der Waals surface area contributed by atoms with Crippen LogP contribution in [-0.4, -0.2) is 45.5 Å². The zero-order chi connectivity index (χ0) is 17.2. The first-order valence-electron chi connectivity index (χ1n) is 8.55. The van der Waals surface area contributed by atoms with E-state index in [2.05, 4.69) is 10.6 Å². The van der Waals surface area contributed by atoms with Crippen molar-refractivity contribution < 1.29 is 14.3 Å². The predicted octanol–water partition coefficient (Wildman–Crippen LogP) is 2.69. The first kappa shape index (κ1) is 18.9. The summed E-state index contributed by atoms with van der Waals surface area (Å²) < 4.78 is 10.5. The number of carbonyl (C=O) groups is 1. The summed E-state index contributed by atoms with van der Waals surface area (Å²) in [5.74, 6) is 3.03. The van der Waals surface area contributed by atoms with Crippen molar-refractivity contribution in [2.45, 2.75) is 30.6 Å². The summed E-state index contributed by atoms with van der Waals surface area (Å²) in [5.41, 5.74) is 0. The van der Waals surface area contributed by atoms with Crippen molar-refractivity contribution in [3.8, 4) is 11.5 Å². The van der Waals surface area contributed by atoms with Crippen molar-refractivity contribution in [3.05, 3.63) is 18.2 Å². The van der Waals surface area contributed by atoms with E-state index >= 15 is 0 Å². The number of piperidine rings is 1. The Hall–Kier alpha value is -1.40. The lowest BCUT2D eigenvalue weighted by Crippen LogP contribution is -2.33. The van der Waals surface area contributed by atoms with E-state index in [0.29, 0.717) is 18.1 Å². The Morgan fingerprint density at radius 1 is 1.33 bits per heavy atom. The van der Waals surface area contributed by atoms with Gasteiger partial charge in [-0.15, -0.1) is 11.8 Å². The Kier molecular flexibility index (Phi) is 8.25. The third-order valence-corrected chi connectivity index (χ3v) is 5.22. The summed E-state index contributed by atoms with van der Waals surface area (Å²) >= 11 is 1.65. The minimum absolute atomic E-state index is 0.131. The van der Waals surface area contributed by atoms with Crippen LogP contribution >= 0.6 is 11.8 Å². The molecule has 2 rings (SSSR count). The van der Waals surface area contributed by atoms with Crippen LogP contribution in [0.4, 0.5) is 0 Å². The fraction of sp³-hybridized carbons (Fsp3) is 0.611. The van der Waals surface area contributed by atoms with E-state index < -0.39 is 0 Å². The summed E-state index contributed by atoms with van der Waals surface area (Å²) in [7, 11) is 3.25. The van der Waals surface area contributed by atoms with Gasteiger partial charge < -0.3 is 20.1 Å². The van der Waals surface area contributed by atoms with Crippen molar-refractivity contribution in [2.24, 2.45) is 5.92 Å². The molecule has 0 radical (unpaired) electrons. The average Bonchev–Trinajstić information content (AvgIpc) is 2.62. The molecule has 1 heterocycles. The second kappa shape index (κ2) is 10.5. The van der Waals surface area contributed by atoms with Crippen LogP contribution in [0.25, 0.3) is 0 Å². The van der Waals surface area contributed by atoms with Gasteiger partial charge in [-0.25, -0.2) is 0 Å². The molecule has 1 saturated heterocycles. The molecule has 134 valence electrons. The average molecular weight is 353 g/mol. The highest BCUT2D eigenvalue weighted by Gasteiger charge is 2.13. The number of carbonyl (C=O) groups excluding carboxylic acids is 1. The van der Waals surface area contributed by atoms with Gasteiger partial charge in [-0.05, 0) is 56.5 Å². The Labute approximate surface area is 148 Å². The highest BCUT2D eigenvalue weighted by atomic mass is 32.2. The van der Waals surface area contributed by atoms with Gasteiger partial charge in [0.1, 0.15) is 0 Å². The fourth-order valence-corrected chi connectivity index (χ4v) is 3.72. The first-order chi connectivity index (χ1) is 11.7. The summed E-state index contributed by atoms with van der Waals surface area (Å²) in [6, 6.07) is 5.82. The normalized spacial score (nSPS) is 17.3. The van der Waals surface area contributed by atoms with Crippen LogP contribution in [0.2, 0.25) is 0 Å². The zero-order valence-corrected chi connectivity index (χ0v) is 15.4. The molecule has 1 aliphatic rings. The number of ether oxygens (including phenoxy) is 2. The van der Waals surface area contributed by atoms with Crippen molar-refractivity contribution >= 4 is 17.7 Å². The molecule has 24 heavy (non-hydrogen) atoms. The lowest BCUT2D eigenvalue weighted by atomic mass is 9.96. The molecule has 1 aliphatic heterocycles. The van der Waals surface area contributed by atoms with Crippen LogP contribution in [0.1, 0.15) is 25.7 Å². The number of rotatable bonds is 9. The van der Waals surface area contributed by atoms with Crippen LogP contribution in [0, 0.1) is 5.92 Å². The molecule has 0 bridgehead atoms. The van der Waals surface area contributed by atoms with E-state index in [1.165, 1.54) is 12.8 Å². The van der Waals surface area contributed by atoms with Crippen molar-refractivity contribution in [2.75, 3.05) is 39.6 Å². The largest absolute Gasteiger partial charge is 0.493 e. The zero-order valence-electron chi connectivity index (χ0n) is 14.6. The number of thioether (sulfide) groups is 1. The maximum atomic E-state index is 11.9. The Morgan fingerprint density at radius 2 is 2.17 bits per heavy atom. The Morgan fingerprint density at radius 3 is 2.88 bits per heavy atom. The van der Waals surface area contributed by atoms with Crippen molar-refractivity contribution in [1.82, 2.24) is 10.6 Å². The number of methoxy groups -OCH3 is 2. The van der Waals surface area contributed by atoms with Crippen LogP contribution in [0.5, 0.6) is 11.5 Å². The maximum absolute atomic E-state index is 11.9. The van der Waals surface area contributed by atoms with Crippen LogP contribution in [-0.2, 0) is 4.79 Å². The van der Waals surface area contributed by atoms with Gasteiger partial charge in [-0.3, -0.25) is 4.79 Å². The molecular formula is C18H28N2O3S. The molecular weight excluding hydrogens is 324 g/mol. The van der Waals surface area contributed by atoms with E-state index in [1.807, 2.05) is 18.2 Å². The van der Waals surface area contributed by atoms with Gasteiger partial charge in [0, 0.05) is 23.6 Å². The summed E-state index contributed by atoms with van der Waals surface area (Å²) in [4.78, 5) is 13.0. The van der Waals surface area contributed by atoms with Gasteiger partial charge >= 0.3 is 0 Å². The number of benzene rings is 1. The van der Waals surface area contributed by atoms with E-state index in [0.717, 1.165) is 42.5 Å². The molecule has 1 aromatic carbocycles. The van der Waals surface area contributed by atoms with Gasteiger partial charge in [-0.2, -0.15) is 0 Å². The summed E-state index contributed by atoms with van der Waals surface area (Å²) in [6.07, 6.45) is 4.13. The monoisotopic (exact) mass is 352 g/mol. The molecule has 1 unspecified atom stereocenters. The lowest BCUT2D eigenvalue weighted by molar-refractivity contribution is -0.120. The Bertz CT molecular complexity index is 519. The predicted molar refractivity (Wildman–Crippen MR) is 98.1 cm³/mol. The minimum Gasteiger partial charge on any atom is -0.493 e. The second-order valence-electron chi connectivity index (χ2n) is 5.97. The van der Waals surface area contributed by atoms with Gasteiger partial charge in [-0.1, -0.05) is 0 Å². The highest BCUT2D eigenvalue weighted by molar-refractivity contribution is 7.99. The molecule has 5 nitrogen and oxygen atoms in total. The summed E-state index contributed by atoms with van der Waals surface area (Å²) in [5, 5.41) is 6.44. The van der Waals surface area contributed by atoms with Gasteiger partial charge in [0.2, 0.25) is 5.91 Å². The third-order valence-electron chi connectivity index (χ3n) is 4.23. The topological polar surface area (TPSA) is 59.6 Å². The SMILES string of the molecule is COc1ccc(SCCC(=O)NCCC2CCCNC2)cc1OC. The van der Waals surface area contributed by atoms with Crippen LogP contribution in [0.3, 0.4) is 0 Å². The van der Waals surface area contributed by atoms with E-state index in [-0.39, 0.29) is 5.91 Å². The lowest BCUT2D eigenvalue weighted by Gasteiger charge is -2.22. The number of amides is 1. The van der Waals surface area contributed by atoms with Gasteiger partial charge in [0.25, 0.3) is 0 Å². The molecule has 0 aliphatic carbocycles. The molecule has 0 aromatic heterocycles. The second-order valence-corrected chi connectivity index (χ2v) is 7.13. The molecule has 2 N–H and O–H groups in total. The van der Waals surface area contributed by atoms with Crippen LogP contribution in [0.15, 0.2) is 23.1 Å². The van der Waals surface area contributed by atoms with Gasteiger partial charge in [0.05, 0.1) is 14.2 Å². The highest BCUT2D eigenvalue weighted by Crippen LogP contribution is 2.31. The molecule has 1 fully saturated rings. The smallest absolute Gasteiger partial charge is 0.220 e. The molecule has 1 atom stereocenters. The quantitative estimate of drug-likeness (QED) is 0.669. The molecule has 0 saturated carbocycles. The standard InChI is InChI=1S/C18H28N2O3S/c1-22-16-6-5-15(12-17(16)23-2)24-11-8-18(21)20-10-7-14-4-3-9-19-13-14/h5-6,12,14,19H,3-4,7-11,13H2,1-2H3,(H,20,21). The van der Waals surface area contributed by atoms with E-state index in [9.17, 15) is 4.79 Å². The Balaban J connectivity index is 1.63. The number of hydrogen-bond donors (Lipinski definition) is 2. The van der Waals surface area contributed by atoms with Crippen molar-refractivity contribution in [1.29, 1.82) is 0 Å². The molecule has 1 amide bonds. The van der Waals surface area contributed by atoms with Crippen molar-refractivity contribution in [3.63, 3.8) is 0 Å². The number of nitrogens with one attached hydrogen (secondary N) is 2. The summed E-state index contributed by atoms with van der Waals surface area (Å²) in [6.45, 7) is 3.01. The third kappa shape index (κ3) is 6.24. The first-order valence-corrected chi connectivity index (χ1v) is 9.53. The van der Waals surface area contributed by atoms with E-state index in [1.54, 1.807) is 26.0 Å². The molecule has 0 spiro atoms. The molecule has 6 heteroatoms. The maximum Gasteiger partial charge on any atom is 0.220 e. The number of hydrogen-bond acceptors (Lipinski definition) is 5. The van der Waals surface area contributed by atoms with Crippen LogP contribution < -0.4 is 20.1 Å². The fourth-order valence-electron chi connectivity index (χ4n) is 2.84. The van der Waals surface area contributed by atoms with E-state index in [4.69, 9.17) is 9.47 Å². The van der Waals surface area contributed by atoms with Gasteiger partial charge in [0.15, 0.2) is 11.5 Å². The minimum atomic E-state index is 0.131.